The van der Waals surface area contributed by atoms with E-state index in [1.165, 1.54) is 6.07 Å². The summed E-state index contributed by atoms with van der Waals surface area (Å²) < 4.78 is 39.2. The van der Waals surface area contributed by atoms with Gasteiger partial charge in [0.25, 0.3) is 0 Å². The van der Waals surface area contributed by atoms with E-state index in [0.29, 0.717) is 18.2 Å². The molecule has 1 aromatic carbocycles. The van der Waals surface area contributed by atoms with Gasteiger partial charge in [-0.15, -0.1) is 0 Å². The monoisotopic (exact) mass is 301 g/mol. The fourth-order valence-electron chi connectivity index (χ4n) is 2.54. The van der Waals surface area contributed by atoms with Gasteiger partial charge in [0.1, 0.15) is 0 Å². The quantitative estimate of drug-likeness (QED) is 0.873. The molecule has 1 amide bonds. The summed E-state index contributed by atoms with van der Waals surface area (Å²) in [6.45, 7) is 0.375. The minimum atomic E-state index is -4.63. The summed E-state index contributed by atoms with van der Waals surface area (Å²) in [5, 5.41) is 0. The summed E-state index contributed by atoms with van der Waals surface area (Å²) in [4.78, 5) is 12.9. The van der Waals surface area contributed by atoms with Crippen LogP contribution in [-0.2, 0) is 6.18 Å². The Labute approximate surface area is 120 Å². The molecule has 0 heterocycles. The van der Waals surface area contributed by atoms with Gasteiger partial charge in [0.2, 0.25) is 5.91 Å². The fourth-order valence-corrected chi connectivity index (χ4v) is 2.54. The lowest BCUT2D eigenvalue weighted by atomic mass is 10.0. The molecule has 1 aliphatic rings. The first-order valence-corrected chi connectivity index (χ1v) is 6.69. The van der Waals surface area contributed by atoms with Crippen LogP contribution in [0.25, 0.3) is 0 Å². The van der Waals surface area contributed by atoms with Gasteiger partial charge in [-0.05, 0) is 37.0 Å². The maximum Gasteiger partial charge on any atom is 0.417 e. The number of likely N-dealkylation sites (N-methyl/N-ethyl adjacent to an activating group) is 1. The molecule has 1 atom stereocenters. The van der Waals surface area contributed by atoms with Gasteiger partial charge >= 0.3 is 6.18 Å². The van der Waals surface area contributed by atoms with Crippen LogP contribution in [0.3, 0.4) is 0 Å². The fraction of sp³-hybridized carbons (Fsp3) is 0.500. The average molecular weight is 301 g/mol. The van der Waals surface area contributed by atoms with Crippen molar-refractivity contribution < 1.29 is 18.0 Å². The van der Waals surface area contributed by atoms with Gasteiger partial charge in [-0.2, -0.15) is 13.2 Å². The van der Waals surface area contributed by atoms with Crippen molar-refractivity contribution in [2.45, 2.75) is 25.1 Å². The number of benzene rings is 1. The Bertz CT molecular complexity index is 541. The second kappa shape index (κ2) is 5.55. The Morgan fingerprint density at radius 1 is 1.43 bits per heavy atom. The number of halogens is 3. The van der Waals surface area contributed by atoms with E-state index in [2.05, 4.69) is 0 Å². The summed E-state index contributed by atoms with van der Waals surface area (Å²) in [5.41, 5.74) is 9.58. The largest absolute Gasteiger partial charge is 0.417 e. The minimum Gasteiger partial charge on any atom is -0.370 e. The molecule has 1 aliphatic carbocycles. The van der Waals surface area contributed by atoms with E-state index >= 15 is 0 Å². The zero-order valence-electron chi connectivity index (χ0n) is 11.7. The first-order valence-electron chi connectivity index (χ1n) is 6.69. The molecule has 116 valence electrons. The molecule has 4 N–H and O–H groups in total. The number of alkyl halides is 3. The number of nitrogens with zero attached hydrogens (tertiary/aromatic N) is 1. The highest BCUT2D eigenvalue weighted by molar-refractivity contribution is 5.95. The molecule has 7 heteroatoms. The summed E-state index contributed by atoms with van der Waals surface area (Å²) in [5.74, 6) is -0.667. The van der Waals surface area contributed by atoms with Gasteiger partial charge in [0, 0.05) is 25.3 Å². The van der Waals surface area contributed by atoms with Crippen LogP contribution >= 0.6 is 0 Å². The second-order valence-electron chi connectivity index (χ2n) is 5.34. The van der Waals surface area contributed by atoms with Crippen LogP contribution in [0.15, 0.2) is 18.2 Å². The Morgan fingerprint density at radius 2 is 2.05 bits per heavy atom. The highest BCUT2D eigenvalue weighted by atomic mass is 19.4. The molecular weight excluding hydrogens is 283 g/mol. The topological polar surface area (TPSA) is 72.3 Å². The molecule has 4 nitrogen and oxygen atoms in total. The number of hydrogen-bond donors (Lipinski definition) is 2. The predicted octanol–water partition coefficient (Wildman–Crippen LogP) is 1.98. The number of anilines is 1. The van der Waals surface area contributed by atoms with E-state index in [9.17, 15) is 18.0 Å². The molecule has 0 radical (unpaired) electrons. The van der Waals surface area contributed by atoms with Gasteiger partial charge in [0.05, 0.1) is 11.1 Å². The van der Waals surface area contributed by atoms with Gasteiger partial charge < -0.3 is 16.4 Å². The third-order valence-electron chi connectivity index (χ3n) is 3.89. The van der Waals surface area contributed by atoms with Crippen molar-refractivity contribution in [1.82, 2.24) is 0 Å². The Morgan fingerprint density at radius 3 is 2.48 bits per heavy atom. The van der Waals surface area contributed by atoms with Gasteiger partial charge in [-0.25, -0.2) is 0 Å². The molecule has 1 saturated carbocycles. The van der Waals surface area contributed by atoms with E-state index < -0.39 is 23.2 Å². The third-order valence-corrected chi connectivity index (χ3v) is 3.89. The zero-order chi connectivity index (χ0) is 15.8. The number of primary amides is 1. The van der Waals surface area contributed by atoms with Crippen LogP contribution in [0.4, 0.5) is 18.9 Å². The predicted molar refractivity (Wildman–Crippen MR) is 73.9 cm³/mol. The standard InChI is InChI=1S/C14H18F3N3O/c1-20(12(7-18)8-2-3-8)9-4-5-10(13(19)21)11(6-9)14(15,16)17/h4-6,8,12H,2-3,7,18H2,1H3,(H2,19,21). The first-order chi connectivity index (χ1) is 9.75. The summed E-state index contributed by atoms with van der Waals surface area (Å²) in [7, 11) is 1.72. The third kappa shape index (κ3) is 3.29. The zero-order valence-corrected chi connectivity index (χ0v) is 11.7. The molecule has 1 fully saturated rings. The molecule has 0 aromatic heterocycles. The van der Waals surface area contributed by atoms with Crippen LogP contribution in [0.1, 0.15) is 28.8 Å². The first kappa shape index (κ1) is 15.6. The van der Waals surface area contributed by atoms with Gasteiger partial charge in [0.15, 0.2) is 0 Å². The molecule has 0 aliphatic heterocycles. The van der Waals surface area contributed by atoms with E-state index in [0.717, 1.165) is 25.0 Å². The number of nitrogens with two attached hydrogens (primary N) is 2. The second-order valence-corrected chi connectivity index (χ2v) is 5.34. The molecule has 1 aromatic rings. The number of carbonyl (C=O) groups excluding carboxylic acids is 1. The van der Waals surface area contributed by atoms with E-state index in [4.69, 9.17) is 11.5 Å². The number of rotatable bonds is 5. The van der Waals surface area contributed by atoms with Crippen molar-refractivity contribution in [3.63, 3.8) is 0 Å². The Kier molecular flexibility index (Phi) is 4.13. The molecule has 2 rings (SSSR count). The normalized spacial score (nSPS) is 16.6. The minimum absolute atomic E-state index is 0.00510. The lowest BCUT2D eigenvalue weighted by Gasteiger charge is -2.30. The Balaban J connectivity index is 2.39. The summed E-state index contributed by atoms with van der Waals surface area (Å²) >= 11 is 0. The van der Waals surface area contributed by atoms with Crippen LogP contribution in [0, 0.1) is 5.92 Å². The lowest BCUT2D eigenvalue weighted by molar-refractivity contribution is -0.137. The molecule has 0 spiro atoms. The lowest BCUT2D eigenvalue weighted by Crippen LogP contribution is -2.39. The van der Waals surface area contributed by atoms with E-state index in [1.807, 2.05) is 0 Å². The maximum absolute atomic E-state index is 13.1. The van der Waals surface area contributed by atoms with Crippen molar-refractivity contribution in [2.75, 3.05) is 18.5 Å². The van der Waals surface area contributed by atoms with Crippen molar-refractivity contribution in [3.8, 4) is 0 Å². The maximum atomic E-state index is 13.1. The molecule has 1 unspecified atom stereocenters. The smallest absolute Gasteiger partial charge is 0.370 e. The summed E-state index contributed by atoms with van der Waals surface area (Å²) in [6, 6.07) is 3.56. The number of amides is 1. The average Bonchev–Trinajstić information content (AvgIpc) is 3.22. The highest BCUT2D eigenvalue weighted by Gasteiger charge is 2.37. The van der Waals surface area contributed by atoms with Crippen molar-refractivity contribution in [3.05, 3.63) is 29.3 Å². The summed E-state index contributed by atoms with van der Waals surface area (Å²) in [6.07, 6.45) is -2.55. The van der Waals surface area contributed by atoms with E-state index in [-0.39, 0.29) is 6.04 Å². The van der Waals surface area contributed by atoms with Crippen molar-refractivity contribution in [1.29, 1.82) is 0 Å². The highest BCUT2D eigenvalue weighted by Crippen LogP contribution is 2.38. The van der Waals surface area contributed by atoms with E-state index in [1.54, 1.807) is 11.9 Å². The number of hydrogen-bond acceptors (Lipinski definition) is 3. The van der Waals surface area contributed by atoms with Crippen LogP contribution in [0.5, 0.6) is 0 Å². The Hall–Kier alpha value is -1.76. The van der Waals surface area contributed by atoms with Gasteiger partial charge in [-0.3, -0.25) is 4.79 Å². The van der Waals surface area contributed by atoms with Crippen molar-refractivity contribution >= 4 is 11.6 Å². The number of carbonyl (C=O) groups is 1. The van der Waals surface area contributed by atoms with Crippen molar-refractivity contribution in [2.24, 2.45) is 17.4 Å². The molecule has 0 bridgehead atoms. The van der Waals surface area contributed by atoms with Crippen LogP contribution in [-0.4, -0.2) is 25.5 Å². The SMILES string of the molecule is CN(c1ccc(C(N)=O)c(C(F)(F)F)c1)C(CN)C1CC1. The molecule has 21 heavy (non-hydrogen) atoms. The molecule has 0 saturated heterocycles. The van der Waals surface area contributed by atoms with Gasteiger partial charge in [-0.1, -0.05) is 0 Å². The van der Waals surface area contributed by atoms with Crippen LogP contribution < -0.4 is 16.4 Å². The van der Waals surface area contributed by atoms with Crippen LogP contribution in [0.2, 0.25) is 0 Å². The molecular formula is C14H18F3N3O.